The molecule has 124 valence electrons. The third-order valence-electron chi connectivity index (χ3n) is 3.68. The van der Waals surface area contributed by atoms with Gasteiger partial charge in [-0.25, -0.2) is 0 Å². The van der Waals surface area contributed by atoms with Gasteiger partial charge in [-0.15, -0.1) is 12.4 Å². The van der Waals surface area contributed by atoms with Crippen molar-refractivity contribution in [2.24, 2.45) is 0 Å². The lowest BCUT2D eigenvalue weighted by molar-refractivity contribution is 0.340. The maximum atomic E-state index is 6.20. The predicted octanol–water partition coefficient (Wildman–Crippen LogP) is 5.79. The zero-order valence-electron chi connectivity index (χ0n) is 13.0. The molecule has 1 aliphatic carbocycles. The van der Waals surface area contributed by atoms with Crippen LogP contribution >= 0.6 is 35.6 Å². The van der Waals surface area contributed by atoms with E-state index in [9.17, 15) is 0 Å². The van der Waals surface area contributed by atoms with E-state index in [0.717, 1.165) is 25.1 Å². The van der Waals surface area contributed by atoms with E-state index in [-0.39, 0.29) is 12.4 Å². The molecule has 5 heteroatoms. The molecule has 0 spiro atoms. The Morgan fingerprint density at radius 2 is 1.91 bits per heavy atom. The molecule has 1 aromatic carbocycles. The highest BCUT2D eigenvalue weighted by Crippen LogP contribution is 2.34. The van der Waals surface area contributed by atoms with Crippen LogP contribution < -0.4 is 10.1 Å². The molecule has 2 rings (SSSR count). The number of benzene rings is 1. The van der Waals surface area contributed by atoms with Crippen molar-refractivity contribution < 1.29 is 4.74 Å². The molecule has 0 saturated heterocycles. The van der Waals surface area contributed by atoms with Crippen LogP contribution in [-0.4, -0.2) is 13.2 Å². The molecule has 0 saturated carbocycles. The molecule has 0 aliphatic heterocycles. The van der Waals surface area contributed by atoms with Crippen LogP contribution in [0, 0.1) is 0 Å². The molecule has 0 heterocycles. The van der Waals surface area contributed by atoms with Gasteiger partial charge in [0.2, 0.25) is 0 Å². The van der Waals surface area contributed by atoms with Crippen molar-refractivity contribution in [2.45, 2.75) is 45.6 Å². The van der Waals surface area contributed by atoms with E-state index in [1.807, 2.05) is 19.1 Å². The normalized spacial score (nSPS) is 14.2. The summed E-state index contributed by atoms with van der Waals surface area (Å²) in [6.45, 7) is 4.25. The minimum absolute atomic E-state index is 0. The average Bonchev–Trinajstić information content (AvgIpc) is 2.48. The monoisotopic (exact) mass is 363 g/mol. The molecule has 0 bridgehead atoms. The Hall–Kier alpha value is -0.410. The predicted molar refractivity (Wildman–Crippen MR) is 97.8 cm³/mol. The number of hydrogen-bond donors (Lipinski definition) is 1. The summed E-state index contributed by atoms with van der Waals surface area (Å²) < 4.78 is 5.44. The fraction of sp³-hybridized carbons (Fsp3) is 0.529. The molecule has 1 aliphatic rings. The van der Waals surface area contributed by atoms with Crippen molar-refractivity contribution in [1.82, 2.24) is 5.32 Å². The number of halogens is 3. The second-order valence-electron chi connectivity index (χ2n) is 5.36. The number of ether oxygens (including phenoxy) is 1. The smallest absolute Gasteiger partial charge is 0.156 e. The average molecular weight is 365 g/mol. The highest BCUT2D eigenvalue weighted by atomic mass is 35.5. The molecule has 0 unspecified atom stereocenters. The molecule has 1 N–H and O–H groups in total. The van der Waals surface area contributed by atoms with Crippen LogP contribution in [0.5, 0.6) is 5.75 Å². The summed E-state index contributed by atoms with van der Waals surface area (Å²) in [5, 5.41) is 4.62. The summed E-state index contributed by atoms with van der Waals surface area (Å²) in [6.07, 6.45) is 8.74. The van der Waals surface area contributed by atoms with Crippen molar-refractivity contribution in [2.75, 3.05) is 13.2 Å². The Kier molecular flexibility index (Phi) is 9.27. The minimum Gasteiger partial charge on any atom is -0.491 e. The summed E-state index contributed by atoms with van der Waals surface area (Å²) >= 11 is 12.4. The van der Waals surface area contributed by atoms with E-state index in [4.69, 9.17) is 27.9 Å². The summed E-state index contributed by atoms with van der Waals surface area (Å²) in [5.41, 5.74) is 2.68. The number of hydrogen-bond acceptors (Lipinski definition) is 2. The largest absolute Gasteiger partial charge is 0.491 e. The van der Waals surface area contributed by atoms with Crippen LogP contribution in [-0.2, 0) is 6.54 Å². The zero-order valence-corrected chi connectivity index (χ0v) is 15.3. The summed E-state index contributed by atoms with van der Waals surface area (Å²) in [4.78, 5) is 0. The van der Waals surface area contributed by atoms with Crippen LogP contribution in [0.25, 0.3) is 0 Å². The van der Waals surface area contributed by atoms with Gasteiger partial charge in [0.15, 0.2) is 5.75 Å². The Morgan fingerprint density at radius 3 is 2.50 bits per heavy atom. The molecule has 0 amide bonds. The molecule has 0 atom stereocenters. The van der Waals surface area contributed by atoms with Crippen molar-refractivity contribution in [1.29, 1.82) is 0 Å². The van der Waals surface area contributed by atoms with E-state index in [2.05, 4.69) is 11.4 Å². The van der Waals surface area contributed by atoms with Gasteiger partial charge in [-0.3, -0.25) is 0 Å². The summed E-state index contributed by atoms with van der Waals surface area (Å²) in [7, 11) is 0. The zero-order chi connectivity index (χ0) is 15.1. The standard InChI is InChI=1S/C17H23Cl2NO.ClH/c1-2-21-17-15(18)10-14(11-16(17)19)12-20-9-8-13-6-4-3-5-7-13;/h6,10-11,20H,2-5,7-9,12H2,1H3;1H. The van der Waals surface area contributed by atoms with Gasteiger partial charge in [0.05, 0.1) is 16.7 Å². The molecular formula is C17H24Cl3NO. The Labute approximate surface area is 149 Å². The van der Waals surface area contributed by atoms with Gasteiger partial charge < -0.3 is 10.1 Å². The lowest BCUT2D eigenvalue weighted by atomic mass is 9.97. The molecule has 22 heavy (non-hydrogen) atoms. The topological polar surface area (TPSA) is 21.3 Å². The molecular weight excluding hydrogens is 341 g/mol. The summed E-state index contributed by atoms with van der Waals surface area (Å²) in [5.74, 6) is 0.581. The fourth-order valence-corrected chi connectivity index (χ4v) is 3.25. The van der Waals surface area contributed by atoms with Crippen LogP contribution in [0.4, 0.5) is 0 Å². The molecule has 0 aromatic heterocycles. The second kappa shape index (κ2) is 10.4. The first kappa shape index (κ1) is 19.6. The van der Waals surface area contributed by atoms with Gasteiger partial charge in [-0.05, 0) is 63.3 Å². The Bertz CT molecular complexity index is 480. The first-order chi connectivity index (χ1) is 10.2. The van der Waals surface area contributed by atoms with Gasteiger partial charge in [-0.2, -0.15) is 0 Å². The lowest BCUT2D eigenvalue weighted by Crippen LogP contribution is -2.15. The van der Waals surface area contributed by atoms with Gasteiger partial charge >= 0.3 is 0 Å². The first-order valence-corrected chi connectivity index (χ1v) is 8.45. The van der Waals surface area contributed by atoms with E-state index < -0.39 is 0 Å². The second-order valence-corrected chi connectivity index (χ2v) is 6.17. The fourth-order valence-electron chi connectivity index (χ4n) is 2.61. The van der Waals surface area contributed by atoms with Crippen molar-refractivity contribution >= 4 is 35.6 Å². The Morgan fingerprint density at radius 1 is 1.18 bits per heavy atom. The highest BCUT2D eigenvalue weighted by Gasteiger charge is 2.09. The van der Waals surface area contributed by atoms with E-state index in [0.29, 0.717) is 22.4 Å². The van der Waals surface area contributed by atoms with E-state index >= 15 is 0 Å². The van der Waals surface area contributed by atoms with Crippen LogP contribution in [0.15, 0.2) is 23.8 Å². The molecule has 2 nitrogen and oxygen atoms in total. The number of nitrogens with one attached hydrogen (secondary N) is 1. The SMILES string of the molecule is CCOc1c(Cl)cc(CNCCC2=CCCCC2)cc1Cl.Cl. The third kappa shape index (κ3) is 6.00. The quantitative estimate of drug-likeness (QED) is 0.488. The molecule has 0 radical (unpaired) electrons. The maximum absolute atomic E-state index is 6.20. The highest BCUT2D eigenvalue weighted by molar-refractivity contribution is 6.37. The van der Waals surface area contributed by atoms with Crippen molar-refractivity contribution in [3.63, 3.8) is 0 Å². The van der Waals surface area contributed by atoms with Crippen molar-refractivity contribution in [3.8, 4) is 5.75 Å². The van der Waals surface area contributed by atoms with Gasteiger partial charge in [0, 0.05) is 6.54 Å². The first-order valence-electron chi connectivity index (χ1n) is 7.70. The van der Waals surface area contributed by atoms with E-state index in [1.165, 1.54) is 25.7 Å². The lowest BCUT2D eigenvalue weighted by Gasteiger charge is -2.14. The molecule has 0 fully saturated rings. The summed E-state index contributed by atoms with van der Waals surface area (Å²) in [6, 6.07) is 3.84. The number of allylic oxidation sites excluding steroid dienone is 1. The van der Waals surface area contributed by atoms with Gasteiger partial charge in [-0.1, -0.05) is 34.9 Å². The van der Waals surface area contributed by atoms with Crippen LogP contribution in [0.3, 0.4) is 0 Å². The van der Waals surface area contributed by atoms with Crippen molar-refractivity contribution in [3.05, 3.63) is 39.4 Å². The molecule has 1 aromatic rings. The third-order valence-corrected chi connectivity index (χ3v) is 4.25. The maximum Gasteiger partial charge on any atom is 0.156 e. The van der Waals surface area contributed by atoms with Gasteiger partial charge in [0.1, 0.15) is 0 Å². The number of rotatable bonds is 7. The Balaban J connectivity index is 0.00000242. The van der Waals surface area contributed by atoms with E-state index in [1.54, 1.807) is 5.57 Å². The van der Waals surface area contributed by atoms with Crippen LogP contribution in [0.1, 0.15) is 44.6 Å². The minimum atomic E-state index is 0. The van der Waals surface area contributed by atoms with Crippen LogP contribution in [0.2, 0.25) is 10.0 Å². The van der Waals surface area contributed by atoms with Gasteiger partial charge in [0.25, 0.3) is 0 Å².